The van der Waals surface area contributed by atoms with Gasteiger partial charge in [0.25, 0.3) is 5.91 Å². The van der Waals surface area contributed by atoms with Crippen molar-refractivity contribution < 1.29 is 24.2 Å². The molecule has 1 saturated heterocycles. The molecule has 0 saturated carbocycles. The Morgan fingerprint density at radius 2 is 2.14 bits per heavy atom. The Labute approximate surface area is 136 Å². The zero-order chi connectivity index (χ0) is 16.3. The van der Waals surface area contributed by atoms with Crippen molar-refractivity contribution in [2.24, 2.45) is 0 Å². The Kier molecular flexibility index (Phi) is 5.04. The van der Waals surface area contributed by atoms with E-state index in [1.54, 1.807) is 31.4 Å². The third-order valence-corrected chi connectivity index (χ3v) is 4.27. The number of hydrogen-bond donors (Lipinski definition) is 1. The molecule has 2 rings (SSSR count). The Morgan fingerprint density at radius 3 is 2.73 bits per heavy atom. The van der Waals surface area contributed by atoms with E-state index in [-0.39, 0.29) is 4.32 Å². The fourth-order valence-electron chi connectivity index (χ4n) is 1.85. The number of ether oxygens (including phenoxy) is 2. The maximum atomic E-state index is 12.2. The molecule has 0 spiro atoms. The molecule has 0 radical (unpaired) electrons. The van der Waals surface area contributed by atoms with E-state index >= 15 is 0 Å². The molecule has 1 aromatic rings. The van der Waals surface area contributed by atoms with Crippen LogP contribution in [0.25, 0.3) is 6.08 Å². The van der Waals surface area contributed by atoms with Gasteiger partial charge in [-0.05, 0) is 18.2 Å². The summed E-state index contributed by atoms with van der Waals surface area (Å²) in [7, 11) is 3.06. The van der Waals surface area contributed by atoms with E-state index in [9.17, 15) is 9.59 Å². The predicted molar refractivity (Wildman–Crippen MR) is 87.1 cm³/mol. The average molecular weight is 339 g/mol. The van der Waals surface area contributed by atoms with Crippen molar-refractivity contribution in [1.82, 2.24) is 4.90 Å². The number of nitrogens with zero attached hydrogens (tertiary/aromatic N) is 1. The fourth-order valence-corrected chi connectivity index (χ4v) is 3.10. The number of hydrogen-bond acceptors (Lipinski definition) is 6. The van der Waals surface area contributed by atoms with Gasteiger partial charge < -0.3 is 14.6 Å². The zero-order valence-corrected chi connectivity index (χ0v) is 13.5. The van der Waals surface area contributed by atoms with Crippen molar-refractivity contribution >= 4 is 46.3 Å². The maximum absolute atomic E-state index is 12.2. The topological polar surface area (TPSA) is 76.1 Å². The molecule has 0 bridgehead atoms. The average Bonchev–Trinajstić information content (AvgIpc) is 2.75. The number of carbonyl (C=O) groups is 2. The van der Waals surface area contributed by atoms with E-state index in [2.05, 4.69) is 0 Å². The minimum absolute atomic E-state index is 0.228. The van der Waals surface area contributed by atoms with Crippen LogP contribution in [-0.2, 0) is 9.59 Å². The van der Waals surface area contributed by atoms with Crippen molar-refractivity contribution in [2.75, 3.05) is 20.8 Å². The number of thiocarbonyl (C=S) groups is 1. The molecule has 1 aromatic carbocycles. The highest BCUT2D eigenvalue weighted by molar-refractivity contribution is 8.26. The summed E-state index contributed by atoms with van der Waals surface area (Å²) in [5, 5.41) is 8.81. The summed E-state index contributed by atoms with van der Waals surface area (Å²) < 4.78 is 10.6. The van der Waals surface area contributed by atoms with Crippen molar-refractivity contribution in [1.29, 1.82) is 0 Å². The lowest BCUT2D eigenvalue weighted by Crippen LogP contribution is -2.33. The number of thioether (sulfide) groups is 1. The summed E-state index contributed by atoms with van der Waals surface area (Å²) in [6, 6.07) is 5.19. The highest BCUT2D eigenvalue weighted by atomic mass is 32.2. The van der Waals surface area contributed by atoms with Crippen LogP contribution in [-0.4, -0.2) is 47.0 Å². The van der Waals surface area contributed by atoms with Gasteiger partial charge in [0.1, 0.15) is 22.4 Å². The van der Waals surface area contributed by atoms with Gasteiger partial charge in [0.15, 0.2) is 0 Å². The van der Waals surface area contributed by atoms with E-state index in [4.69, 9.17) is 26.8 Å². The number of methoxy groups -OCH3 is 2. The number of carboxylic acid groups (broad SMARTS) is 1. The molecule has 0 unspecified atom stereocenters. The number of benzene rings is 1. The first-order valence-corrected chi connectivity index (χ1v) is 7.38. The summed E-state index contributed by atoms with van der Waals surface area (Å²) in [6.45, 7) is -0.443. The molecule has 1 heterocycles. The monoisotopic (exact) mass is 339 g/mol. The minimum Gasteiger partial charge on any atom is -0.497 e. The predicted octanol–water partition coefficient (Wildman–Crippen LogP) is 1.99. The van der Waals surface area contributed by atoms with Gasteiger partial charge in [0.2, 0.25) is 0 Å². The van der Waals surface area contributed by atoms with Crippen LogP contribution in [0.4, 0.5) is 0 Å². The Balaban J connectivity index is 2.32. The second-order valence-corrected chi connectivity index (χ2v) is 5.95. The van der Waals surface area contributed by atoms with E-state index < -0.39 is 18.4 Å². The molecule has 0 aromatic heterocycles. The van der Waals surface area contributed by atoms with Crippen molar-refractivity contribution in [2.45, 2.75) is 0 Å². The van der Waals surface area contributed by atoms with Crippen LogP contribution in [0.2, 0.25) is 0 Å². The lowest BCUT2D eigenvalue weighted by atomic mass is 10.1. The smallest absolute Gasteiger partial charge is 0.323 e. The van der Waals surface area contributed by atoms with Gasteiger partial charge in [-0.15, -0.1) is 0 Å². The summed E-state index contributed by atoms with van der Waals surface area (Å²) in [5.74, 6) is -0.356. The van der Waals surface area contributed by atoms with Crippen LogP contribution < -0.4 is 9.47 Å². The lowest BCUT2D eigenvalue weighted by molar-refractivity contribution is -0.140. The molecule has 1 N–H and O–H groups in total. The molecule has 0 atom stereocenters. The van der Waals surface area contributed by atoms with Crippen molar-refractivity contribution in [3.63, 3.8) is 0 Å². The molecule has 22 heavy (non-hydrogen) atoms. The Hall–Kier alpha value is -2.06. The molecular weight excluding hydrogens is 326 g/mol. The van der Waals surface area contributed by atoms with Gasteiger partial charge in [-0.2, -0.15) is 0 Å². The van der Waals surface area contributed by atoms with Crippen LogP contribution in [0.3, 0.4) is 0 Å². The van der Waals surface area contributed by atoms with Gasteiger partial charge in [0, 0.05) is 11.6 Å². The molecule has 1 aliphatic heterocycles. The molecule has 8 heteroatoms. The zero-order valence-electron chi connectivity index (χ0n) is 11.9. The van der Waals surface area contributed by atoms with Crippen LogP contribution >= 0.6 is 24.0 Å². The van der Waals surface area contributed by atoms with E-state index in [0.717, 1.165) is 16.7 Å². The molecule has 6 nitrogen and oxygen atoms in total. The summed E-state index contributed by atoms with van der Waals surface area (Å²) in [6.07, 6.45) is 1.62. The summed E-state index contributed by atoms with van der Waals surface area (Å²) >= 11 is 6.11. The molecule has 0 aliphatic carbocycles. The highest BCUT2D eigenvalue weighted by Crippen LogP contribution is 2.35. The van der Waals surface area contributed by atoms with Crippen LogP contribution in [0.15, 0.2) is 23.1 Å². The largest absolute Gasteiger partial charge is 0.497 e. The van der Waals surface area contributed by atoms with Gasteiger partial charge in [-0.3, -0.25) is 14.5 Å². The van der Waals surface area contributed by atoms with Gasteiger partial charge in [-0.1, -0.05) is 24.0 Å². The normalized spacial score (nSPS) is 16.3. The fraction of sp³-hybridized carbons (Fsp3) is 0.214. The molecule has 1 amide bonds. The van der Waals surface area contributed by atoms with E-state index in [1.807, 2.05) is 0 Å². The third kappa shape index (κ3) is 3.40. The quantitative estimate of drug-likeness (QED) is 0.649. The number of rotatable bonds is 5. The molecular formula is C14H13NO5S2. The molecule has 1 aliphatic rings. The van der Waals surface area contributed by atoms with E-state index in [0.29, 0.717) is 22.0 Å². The van der Waals surface area contributed by atoms with Crippen LogP contribution in [0.1, 0.15) is 5.56 Å². The first kappa shape index (κ1) is 16.3. The number of carbonyl (C=O) groups excluding carboxylic acids is 1. The van der Waals surface area contributed by atoms with E-state index in [1.165, 1.54) is 7.11 Å². The van der Waals surface area contributed by atoms with Crippen molar-refractivity contribution in [3.8, 4) is 11.5 Å². The van der Waals surface area contributed by atoms with Gasteiger partial charge in [-0.25, -0.2) is 0 Å². The van der Waals surface area contributed by atoms with Crippen LogP contribution in [0, 0.1) is 0 Å². The summed E-state index contributed by atoms with van der Waals surface area (Å²) in [4.78, 5) is 24.4. The maximum Gasteiger partial charge on any atom is 0.323 e. The molecule has 1 fully saturated rings. The Bertz CT molecular complexity index is 671. The summed E-state index contributed by atoms with van der Waals surface area (Å²) in [5.41, 5.74) is 0.680. The lowest BCUT2D eigenvalue weighted by Gasteiger charge is -2.10. The Morgan fingerprint density at radius 1 is 1.41 bits per heavy atom. The second kappa shape index (κ2) is 6.80. The van der Waals surface area contributed by atoms with Crippen LogP contribution in [0.5, 0.6) is 11.5 Å². The van der Waals surface area contributed by atoms with Gasteiger partial charge >= 0.3 is 5.97 Å². The SMILES string of the molecule is COc1ccc(/C=C2/SC(=S)N(CC(=O)O)C2=O)c(OC)c1. The highest BCUT2D eigenvalue weighted by Gasteiger charge is 2.33. The first-order valence-electron chi connectivity index (χ1n) is 6.15. The molecule has 116 valence electrons. The van der Waals surface area contributed by atoms with Crippen molar-refractivity contribution in [3.05, 3.63) is 28.7 Å². The third-order valence-electron chi connectivity index (χ3n) is 2.89. The van der Waals surface area contributed by atoms with Gasteiger partial charge in [0.05, 0.1) is 19.1 Å². The number of amides is 1. The first-order chi connectivity index (χ1) is 10.5. The number of carboxylic acids is 1. The minimum atomic E-state index is -1.11. The number of aliphatic carboxylic acids is 1. The standard InChI is InChI=1S/C14H13NO5S2/c1-19-9-4-3-8(10(6-9)20-2)5-11-13(18)15(7-12(16)17)14(21)22-11/h3-6H,7H2,1-2H3,(H,16,17)/b11-5+. The second-order valence-electron chi connectivity index (χ2n) is 4.27.